The van der Waals surface area contributed by atoms with E-state index in [1.54, 1.807) is 0 Å². The minimum Gasteiger partial charge on any atom is -0.392 e. The number of aliphatic hydroxyl groups is 1. The van der Waals surface area contributed by atoms with Crippen LogP contribution in [-0.4, -0.2) is 23.6 Å². The second-order valence-electron chi connectivity index (χ2n) is 2.30. The Labute approximate surface area is 64.0 Å². The maximum absolute atomic E-state index is 11.6. The Bertz CT molecular complexity index is 131. The van der Waals surface area contributed by atoms with Crippen LogP contribution in [0.15, 0.2) is 0 Å². The lowest BCUT2D eigenvalue weighted by Crippen LogP contribution is -2.43. The van der Waals surface area contributed by atoms with Crippen molar-refractivity contribution in [3.05, 3.63) is 0 Å². The van der Waals surface area contributed by atoms with Crippen LogP contribution in [0.25, 0.3) is 0 Å². The number of alkyl halides is 6. The monoisotopic (exact) mass is 196 g/mol. The molecule has 12 heavy (non-hydrogen) atoms. The largest absolute Gasteiger partial charge is 0.402 e. The van der Waals surface area contributed by atoms with E-state index in [0.717, 1.165) is 0 Å². The Balaban J connectivity index is 4.70. The summed E-state index contributed by atoms with van der Waals surface area (Å²) in [7, 11) is 0. The molecule has 0 radical (unpaired) electrons. The molecule has 0 bridgehead atoms. The number of halogens is 6. The van der Waals surface area contributed by atoms with Gasteiger partial charge in [0.05, 0.1) is 6.10 Å². The molecular weight excluding hydrogens is 190 g/mol. The summed E-state index contributed by atoms with van der Waals surface area (Å²) in [5.74, 6) is -3.66. The Morgan fingerprint density at radius 2 is 1.17 bits per heavy atom. The molecule has 0 rings (SSSR count). The highest BCUT2D eigenvalue weighted by Gasteiger charge is 2.58. The van der Waals surface area contributed by atoms with Crippen LogP contribution in [0.5, 0.6) is 0 Å². The molecule has 0 aromatic heterocycles. The fraction of sp³-hybridized carbons (Fsp3) is 1.00. The van der Waals surface area contributed by atoms with Crippen LogP contribution in [0.1, 0.15) is 6.92 Å². The number of hydrogen-bond donors (Lipinski definition) is 1. The lowest BCUT2D eigenvalue weighted by atomic mass is 10.0. The van der Waals surface area contributed by atoms with Gasteiger partial charge in [-0.3, -0.25) is 0 Å². The topological polar surface area (TPSA) is 20.2 Å². The predicted molar refractivity (Wildman–Crippen MR) is 27.3 cm³/mol. The van der Waals surface area contributed by atoms with Gasteiger partial charge in [0, 0.05) is 0 Å². The summed E-state index contributed by atoms with van der Waals surface area (Å²) in [5.41, 5.74) is 0. The van der Waals surface area contributed by atoms with Crippen molar-refractivity contribution in [2.75, 3.05) is 0 Å². The Kier molecular flexibility index (Phi) is 3.00. The number of hydrogen-bond acceptors (Lipinski definition) is 1. The van der Waals surface area contributed by atoms with Crippen LogP contribution < -0.4 is 0 Å². The van der Waals surface area contributed by atoms with Crippen LogP contribution in [0, 0.1) is 5.92 Å². The summed E-state index contributed by atoms with van der Waals surface area (Å²) in [4.78, 5) is 0. The van der Waals surface area contributed by atoms with Crippen LogP contribution in [0.3, 0.4) is 0 Å². The van der Waals surface area contributed by atoms with Gasteiger partial charge in [0.25, 0.3) is 0 Å². The highest BCUT2D eigenvalue weighted by atomic mass is 19.4. The first-order valence-corrected chi connectivity index (χ1v) is 2.88. The van der Waals surface area contributed by atoms with E-state index in [4.69, 9.17) is 5.11 Å². The third-order valence-electron chi connectivity index (χ3n) is 1.19. The standard InChI is InChI=1S/C5H6F6O/c1-2(12)3(4(6,7)8)5(9,10)11/h2-3,12H,1H3. The van der Waals surface area contributed by atoms with Gasteiger partial charge in [-0.05, 0) is 6.92 Å². The van der Waals surface area contributed by atoms with Gasteiger partial charge >= 0.3 is 12.4 Å². The van der Waals surface area contributed by atoms with E-state index in [2.05, 4.69) is 0 Å². The van der Waals surface area contributed by atoms with Gasteiger partial charge in [0.15, 0.2) is 5.92 Å². The Hall–Kier alpha value is -0.460. The molecule has 1 N–H and O–H groups in total. The molecule has 0 heterocycles. The van der Waals surface area contributed by atoms with E-state index in [0.29, 0.717) is 6.92 Å². The highest BCUT2D eigenvalue weighted by Crippen LogP contribution is 2.41. The van der Waals surface area contributed by atoms with E-state index in [-0.39, 0.29) is 0 Å². The smallest absolute Gasteiger partial charge is 0.392 e. The first kappa shape index (κ1) is 11.5. The lowest BCUT2D eigenvalue weighted by Gasteiger charge is -2.24. The first-order chi connectivity index (χ1) is 5.07. The van der Waals surface area contributed by atoms with Crippen LogP contribution in [-0.2, 0) is 0 Å². The molecule has 0 saturated carbocycles. The van der Waals surface area contributed by atoms with Crippen molar-refractivity contribution in [2.45, 2.75) is 25.4 Å². The number of aliphatic hydroxyl groups excluding tert-OH is 1. The fourth-order valence-corrected chi connectivity index (χ4v) is 0.733. The molecular formula is C5H6F6O. The zero-order valence-corrected chi connectivity index (χ0v) is 5.87. The van der Waals surface area contributed by atoms with Gasteiger partial charge in [-0.2, -0.15) is 26.3 Å². The van der Waals surface area contributed by atoms with E-state index in [9.17, 15) is 26.3 Å². The molecule has 7 heteroatoms. The third-order valence-corrected chi connectivity index (χ3v) is 1.19. The number of rotatable bonds is 1. The van der Waals surface area contributed by atoms with Gasteiger partial charge < -0.3 is 5.11 Å². The van der Waals surface area contributed by atoms with Gasteiger partial charge in [0.1, 0.15) is 0 Å². The average molecular weight is 196 g/mol. The highest BCUT2D eigenvalue weighted by molar-refractivity contribution is 4.79. The molecule has 0 aromatic rings. The summed E-state index contributed by atoms with van der Waals surface area (Å²) in [6.45, 7) is 0.450. The molecule has 0 aromatic carbocycles. The molecule has 0 aliphatic carbocycles. The van der Waals surface area contributed by atoms with Crippen LogP contribution in [0.4, 0.5) is 26.3 Å². The van der Waals surface area contributed by atoms with Gasteiger partial charge in [0.2, 0.25) is 0 Å². The molecule has 0 saturated heterocycles. The van der Waals surface area contributed by atoms with Crippen molar-refractivity contribution in [3.63, 3.8) is 0 Å². The third kappa shape index (κ3) is 2.88. The molecule has 0 spiro atoms. The van der Waals surface area contributed by atoms with E-state index in [1.165, 1.54) is 0 Å². The molecule has 0 amide bonds. The zero-order chi connectivity index (χ0) is 10.2. The quantitative estimate of drug-likeness (QED) is 0.636. The van der Waals surface area contributed by atoms with Gasteiger partial charge in [-0.15, -0.1) is 0 Å². The lowest BCUT2D eigenvalue weighted by molar-refractivity contribution is -0.304. The molecule has 0 aliphatic heterocycles. The minimum absolute atomic E-state index is 0.450. The van der Waals surface area contributed by atoms with Crippen LogP contribution >= 0.6 is 0 Å². The average Bonchev–Trinajstić information content (AvgIpc) is 1.49. The van der Waals surface area contributed by atoms with Crippen molar-refractivity contribution in [1.29, 1.82) is 0 Å². The molecule has 74 valence electrons. The van der Waals surface area contributed by atoms with Crippen molar-refractivity contribution in [1.82, 2.24) is 0 Å². The van der Waals surface area contributed by atoms with Gasteiger partial charge in [-0.1, -0.05) is 0 Å². The van der Waals surface area contributed by atoms with E-state index < -0.39 is 24.4 Å². The zero-order valence-electron chi connectivity index (χ0n) is 5.87. The predicted octanol–water partition coefficient (Wildman–Crippen LogP) is 2.11. The molecule has 0 fully saturated rings. The fourth-order valence-electron chi connectivity index (χ4n) is 0.733. The Morgan fingerprint density at radius 1 is 0.917 bits per heavy atom. The van der Waals surface area contributed by atoms with Crippen molar-refractivity contribution in [3.8, 4) is 0 Å². The van der Waals surface area contributed by atoms with E-state index in [1.807, 2.05) is 0 Å². The van der Waals surface area contributed by atoms with Crippen LogP contribution in [0.2, 0.25) is 0 Å². The second kappa shape index (κ2) is 3.12. The van der Waals surface area contributed by atoms with Crippen molar-refractivity contribution in [2.24, 2.45) is 5.92 Å². The molecule has 1 unspecified atom stereocenters. The normalized spacial score (nSPS) is 16.8. The summed E-state index contributed by atoms with van der Waals surface area (Å²) in [6.07, 6.45) is -13.4. The SMILES string of the molecule is CC(O)C(C(F)(F)F)C(F)(F)F. The maximum Gasteiger partial charge on any atom is 0.402 e. The summed E-state index contributed by atoms with van der Waals surface area (Å²) >= 11 is 0. The first-order valence-electron chi connectivity index (χ1n) is 2.88. The van der Waals surface area contributed by atoms with E-state index >= 15 is 0 Å². The summed E-state index contributed by atoms with van der Waals surface area (Å²) in [6, 6.07) is 0. The molecule has 1 atom stereocenters. The maximum atomic E-state index is 11.6. The minimum atomic E-state index is -5.45. The molecule has 1 nitrogen and oxygen atoms in total. The van der Waals surface area contributed by atoms with Gasteiger partial charge in [-0.25, -0.2) is 0 Å². The van der Waals surface area contributed by atoms with Crippen molar-refractivity contribution >= 4 is 0 Å². The summed E-state index contributed by atoms with van der Waals surface area (Å²) < 4.78 is 69.5. The van der Waals surface area contributed by atoms with Crippen molar-refractivity contribution < 1.29 is 31.4 Å². The second-order valence-corrected chi connectivity index (χ2v) is 2.30. The molecule has 0 aliphatic rings. The summed E-state index contributed by atoms with van der Waals surface area (Å²) in [5, 5.41) is 8.24. The Morgan fingerprint density at radius 3 is 1.17 bits per heavy atom.